The fourth-order valence-electron chi connectivity index (χ4n) is 2.18. The molecule has 0 saturated heterocycles. The maximum atomic E-state index is 4.18. The molecular weight excluding hydrogens is 222 g/mol. The Kier molecular flexibility index (Phi) is 4.53. The maximum Gasteiger partial charge on any atom is 0.0948 e. The molecule has 0 aliphatic heterocycles. The Morgan fingerprint density at radius 1 is 1.11 bits per heavy atom. The van der Waals surface area contributed by atoms with Crippen LogP contribution in [0.1, 0.15) is 30.7 Å². The van der Waals surface area contributed by atoms with Gasteiger partial charge in [0.2, 0.25) is 0 Å². The zero-order valence-corrected chi connectivity index (χ0v) is 11.2. The largest absolute Gasteiger partial charge is 0.334 e. The van der Waals surface area contributed by atoms with Gasteiger partial charge in [-0.3, -0.25) is 0 Å². The summed E-state index contributed by atoms with van der Waals surface area (Å²) in [7, 11) is 0. The van der Waals surface area contributed by atoms with Gasteiger partial charge in [0, 0.05) is 25.8 Å². The van der Waals surface area contributed by atoms with Crippen LogP contribution in [0.4, 0.5) is 0 Å². The van der Waals surface area contributed by atoms with Crippen molar-refractivity contribution < 1.29 is 0 Å². The van der Waals surface area contributed by atoms with Gasteiger partial charge in [0.15, 0.2) is 0 Å². The summed E-state index contributed by atoms with van der Waals surface area (Å²) in [5.74, 6) is 0. The van der Waals surface area contributed by atoms with Gasteiger partial charge in [-0.05, 0) is 24.5 Å². The van der Waals surface area contributed by atoms with E-state index in [1.165, 1.54) is 16.8 Å². The summed E-state index contributed by atoms with van der Waals surface area (Å²) in [6.07, 6.45) is 4.91. The van der Waals surface area contributed by atoms with Gasteiger partial charge in [0.05, 0.1) is 12.0 Å². The first kappa shape index (κ1) is 12.8. The molecule has 1 aromatic carbocycles. The third-order valence-electron chi connectivity index (χ3n) is 3.26. The van der Waals surface area contributed by atoms with Crippen molar-refractivity contribution in [2.45, 2.75) is 39.9 Å². The molecule has 1 N–H and O–H groups in total. The molecule has 2 rings (SSSR count). The lowest BCUT2D eigenvalue weighted by Gasteiger charge is -2.10. The van der Waals surface area contributed by atoms with Gasteiger partial charge in [-0.15, -0.1) is 0 Å². The predicted octanol–water partition coefficient (Wildman–Crippen LogP) is 2.76. The molecule has 1 heterocycles. The molecule has 2 aromatic rings. The molecule has 0 saturated carbocycles. The molecule has 0 fully saturated rings. The van der Waals surface area contributed by atoms with Crippen molar-refractivity contribution in [1.82, 2.24) is 14.9 Å². The van der Waals surface area contributed by atoms with E-state index in [9.17, 15) is 0 Å². The van der Waals surface area contributed by atoms with Crippen molar-refractivity contribution in [3.05, 3.63) is 53.6 Å². The molecular formula is C15H21N3. The number of rotatable bonds is 6. The van der Waals surface area contributed by atoms with Gasteiger partial charge in [0.1, 0.15) is 0 Å². The lowest BCUT2D eigenvalue weighted by molar-refractivity contribution is 0.626. The summed E-state index contributed by atoms with van der Waals surface area (Å²) < 4.78 is 2.17. The van der Waals surface area contributed by atoms with E-state index in [-0.39, 0.29) is 0 Å². The predicted molar refractivity (Wildman–Crippen MR) is 74.3 cm³/mol. The zero-order chi connectivity index (χ0) is 12.8. The second-order valence-electron chi connectivity index (χ2n) is 4.40. The van der Waals surface area contributed by atoms with E-state index in [0.29, 0.717) is 0 Å². The molecule has 0 bridgehead atoms. The summed E-state index contributed by atoms with van der Waals surface area (Å²) >= 11 is 0. The first-order valence-electron chi connectivity index (χ1n) is 6.61. The highest BCUT2D eigenvalue weighted by Crippen LogP contribution is 2.09. The molecule has 0 aliphatic rings. The van der Waals surface area contributed by atoms with Crippen LogP contribution in [0.25, 0.3) is 0 Å². The van der Waals surface area contributed by atoms with Gasteiger partial charge in [0.25, 0.3) is 0 Å². The van der Waals surface area contributed by atoms with Crippen molar-refractivity contribution in [2.75, 3.05) is 0 Å². The molecule has 0 unspecified atom stereocenters. The minimum Gasteiger partial charge on any atom is -0.334 e. The second kappa shape index (κ2) is 6.36. The number of nitrogens with zero attached hydrogens (tertiary/aromatic N) is 2. The monoisotopic (exact) mass is 243 g/mol. The molecule has 3 nitrogen and oxygen atoms in total. The lowest BCUT2D eigenvalue weighted by atomic mass is 10.1. The summed E-state index contributed by atoms with van der Waals surface area (Å²) in [6.45, 7) is 7.09. The Balaban J connectivity index is 1.92. The molecule has 18 heavy (non-hydrogen) atoms. The number of nitrogens with one attached hydrogen (secondary N) is 1. The van der Waals surface area contributed by atoms with Crippen LogP contribution >= 0.6 is 0 Å². The Morgan fingerprint density at radius 2 is 1.89 bits per heavy atom. The van der Waals surface area contributed by atoms with Crippen LogP contribution in [0.2, 0.25) is 0 Å². The standard InChI is InChI=1S/C15H21N3/c1-3-13-7-5-6-8-14(13)9-16-10-15-11-17-12-18(15)4-2/h5-8,11-12,16H,3-4,9-10H2,1-2H3. The van der Waals surface area contributed by atoms with E-state index >= 15 is 0 Å². The Labute approximate surface area is 109 Å². The molecule has 96 valence electrons. The average Bonchev–Trinajstić information content (AvgIpc) is 2.87. The Morgan fingerprint density at radius 3 is 2.61 bits per heavy atom. The molecule has 0 spiro atoms. The van der Waals surface area contributed by atoms with Crippen LogP contribution in [-0.4, -0.2) is 9.55 Å². The fourth-order valence-corrected chi connectivity index (χ4v) is 2.18. The second-order valence-corrected chi connectivity index (χ2v) is 4.40. The Hall–Kier alpha value is -1.61. The van der Waals surface area contributed by atoms with Crippen LogP contribution < -0.4 is 5.32 Å². The first-order chi connectivity index (χ1) is 8.85. The third-order valence-corrected chi connectivity index (χ3v) is 3.26. The van der Waals surface area contributed by atoms with E-state index in [4.69, 9.17) is 0 Å². The summed E-state index contributed by atoms with van der Waals surface area (Å²) in [4.78, 5) is 4.18. The van der Waals surface area contributed by atoms with Crippen molar-refractivity contribution in [1.29, 1.82) is 0 Å². The molecule has 3 heteroatoms. The number of hydrogen-bond donors (Lipinski definition) is 1. The van der Waals surface area contributed by atoms with Gasteiger partial charge in [-0.25, -0.2) is 4.98 Å². The van der Waals surface area contributed by atoms with Gasteiger partial charge in [-0.2, -0.15) is 0 Å². The van der Waals surface area contributed by atoms with Crippen LogP contribution in [0.3, 0.4) is 0 Å². The molecule has 0 amide bonds. The van der Waals surface area contributed by atoms with E-state index < -0.39 is 0 Å². The lowest BCUT2D eigenvalue weighted by Crippen LogP contribution is -2.16. The number of imidazole rings is 1. The van der Waals surface area contributed by atoms with E-state index in [1.54, 1.807) is 0 Å². The van der Waals surface area contributed by atoms with Gasteiger partial charge < -0.3 is 9.88 Å². The highest BCUT2D eigenvalue weighted by molar-refractivity contribution is 5.26. The van der Waals surface area contributed by atoms with Crippen molar-refractivity contribution in [2.24, 2.45) is 0 Å². The molecule has 1 aromatic heterocycles. The van der Waals surface area contributed by atoms with Crippen LogP contribution in [0, 0.1) is 0 Å². The van der Waals surface area contributed by atoms with Crippen molar-refractivity contribution in [3.63, 3.8) is 0 Å². The number of aryl methyl sites for hydroxylation is 2. The summed E-state index contributed by atoms with van der Waals surface area (Å²) in [5, 5.41) is 3.49. The van der Waals surface area contributed by atoms with E-state index in [1.807, 2.05) is 12.5 Å². The van der Waals surface area contributed by atoms with Crippen molar-refractivity contribution in [3.8, 4) is 0 Å². The van der Waals surface area contributed by atoms with Crippen LogP contribution in [0.15, 0.2) is 36.8 Å². The van der Waals surface area contributed by atoms with Crippen LogP contribution in [0.5, 0.6) is 0 Å². The number of benzene rings is 1. The number of hydrogen-bond acceptors (Lipinski definition) is 2. The molecule has 0 atom stereocenters. The maximum absolute atomic E-state index is 4.18. The minimum absolute atomic E-state index is 0.867. The highest BCUT2D eigenvalue weighted by Gasteiger charge is 2.02. The number of aromatic nitrogens is 2. The average molecular weight is 243 g/mol. The topological polar surface area (TPSA) is 29.9 Å². The zero-order valence-electron chi connectivity index (χ0n) is 11.2. The first-order valence-corrected chi connectivity index (χ1v) is 6.61. The summed E-state index contributed by atoms with van der Waals surface area (Å²) in [6, 6.07) is 8.61. The van der Waals surface area contributed by atoms with Crippen molar-refractivity contribution >= 4 is 0 Å². The van der Waals surface area contributed by atoms with E-state index in [0.717, 1.165) is 26.1 Å². The van der Waals surface area contributed by atoms with Gasteiger partial charge in [-0.1, -0.05) is 31.2 Å². The summed E-state index contributed by atoms with van der Waals surface area (Å²) in [5.41, 5.74) is 4.06. The van der Waals surface area contributed by atoms with E-state index in [2.05, 4.69) is 53.0 Å². The Bertz CT molecular complexity index is 488. The van der Waals surface area contributed by atoms with Crippen LogP contribution in [-0.2, 0) is 26.1 Å². The van der Waals surface area contributed by atoms with Gasteiger partial charge >= 0.3 is 0 Å². The SMILES string of the molecule is CCc1ccccc1CNCc1cncn1CC. The minimum atomic E-state index is 0.867. The normalized spacial score (nSPS) is 10.8. The smallest absolute Gasteiger partial charge is 0.0948 e. The third kappa shape index (κ3) is 2.99. The molecule has 0 radical (unpaired) electrons. The quantitative estimate of drug-likeness (QED) is 0.845. The fraction of sp³-hybridized carbons (Fsp3) is 0.400. The molecule has 0 aliphatic carbocycles. The highest BCUT2D eigenvalue weighted by atomic mass is 15.1.